The van der Waals surface area contributed by atoms with Crippen molar-refractivity contribution in [1.82, 2.24) is 0 Å². The molecule has 11 heteroatoms. The summed E-state index contributed by atoms with van der Waals surface area (Å²) >= 11 is 0. The van der Waals surface area contributed by atoms with E-state index in [0.29, 0.717) is 83.3 Å². The molecule has 6 atom stereocenters. The van der Waals surface area contributed by atoms with Crippen molar-refractivity contribution < 1.29 is 52.2 Å². The van der Waals surface area contributed by atoms with Gasteiger partial charge in [0.15, 0.2) is 6.79 Å². The minimum Gasteiger partial charge on any atom is -0.468 e. The number of methoxy groups -OCH3 is 2. The summed E-state index contributed by atoms with van der Waals surface area (Å²) in [5.41, 5.74) is 2.69. The van der Waals surface area contributed by atoms with Crippen molar-refractivity contribution in [3.63, 3.8) is 0 Å². The lowest BCUT2D eigenvalue weighted by Gasteiger charge is -2.53. The Kier molecular flexibility index (Phi) is 17.9. The molecule has 3 aliphatic rings. The van der Waals surface area contributed by atoms with Gasteiger partial charge in [0.25, 0.3) is 0 Å². The van der Waals surface area contributed by atoms with Crippen LogP contribution in [0.15, 0.2) is 18.2 Å². The molecule has 0 bridgehead atoms. The van der Waals surface area contributed by atoms with E-state index in [0.717, 1.165) is 38.0 Å². The topological polar surface area (TPSA) is 109 Å². The van der Waals surface area contributed by atoms with E-state index in [1.54, 1.807) is 14.2 Å². The predicted molar refractivity (Wildman–Crippen MR) is 193 cm³/mol. The minimum absolute atomic E-state index is 0.0740. The summed E-state index contributed by atoms with van der Waals surface area (Å²) in [6.45, 7) is 13.1. The lowest BCUT2D eigenvalue weighted by atomic mass is 9.52. The number of benzene rings is 1. The van der Waals surface area contributed by atoms with E-state index in [-0.39, 0.29) is 30.9 Å². The van der Waals surface area contributed by atoms with Crippen LogP contribution in [0.25, 0.3) is 0 Å². The van der Waals surface area contributed by atoms with Crippen LogP contribution in [0.3, 0.4) is 0 Å². The maximum absolute atomic E-state index is 11.6. The number of carbonyl (C=O) groups is 1. The van der Waals surface area contributed by atoms with Crippen LogP contribution in [0.2, 0.25) is 0 Å². The first-order chi connectivity index (χ1) is 24.7. The van der Waals surface area contributed by atoms with Gasteiger partial charge in [0.05, 0.1) is 59.0 Å². The molecule has 0 saturated heterocycles. The van der Waals surface area contributed by atoms with E-state index in [1.165, 1.54) is 36.8 Å². The van der Waals surface area contributed by atoms with Crippen LogP contribution in [0.4, 0.5) is 0 Å². The highest BCUT2D eigenvalue weighted by Crippen LogP contribution is 2.63. The molecule has 2 saturated carbocycles. The highest BCUT2D eigenvalue weighted by Gasteiger charge is 2.57. The summed E-state index contributed by atoms with van der Waals surface area (Å²) in [7, 11) is 3.38. The Labute approximate surface area is 306 Å². The molecule has 0 N–H and O–H groups in total. The van der Waals surface area contributed by atoms with E-state index in [1.807, 2.05) is 20.8 Å². The highest BCUT2D eigenvalue weighted by atomic mass is 16.7. The van der Waals surface area contributed by atoms with Gasteiger partial charge in [0, 0.05) is 20.8 Å². The summed E-state index contributed by atoms with van der Waals surface area (Å²) in [6, 6.07) is 6.72. The summed E-state index contributed by atoms with van der Waals surface area (Å²) in [5, 5.41) is 0. The first-order valence-corrected chi connectivity index (χ1v) is 19.1. The maximum Gasteiger partial charge on any atom is 0.332 e. The average Bonchev–Trinajstić information content (AvgIpc) is 3.43. The molecular weight excluding hydrogens is 656 g/mol. The van der Waals surface area contributed by atoms with Gasteiger partial charge in [0.2, 0.25) is 0 Å². The third kappa shape index (κ3) is 13.2. The van der Waals surface area contributed by atoms with Crippen LogP contribution in [0, 0.1) is 23.2 Å². The second kappa shape index (κ2) is 21.8. The number of ether oxygens (including phenoxy) is 10. The molecule has 0 aliphatic heterocycles. The molecule has 11 nitrogen and oxygen atoms in total. The van der Waals surface area contributed by atoms with Crippen molar-refractivity contribution in [2.24, 2.45) is 23.2 Å². The largest absolute Gasteiger partial charge is 0.468 e. The van der Waals surface area contributed by atoms with Crippen LogP contribution >= 0.6 is 0 Å². The van der Waals surface area contributed by atoms with Gasteiger partial charge in [-0.15, -0.1) is 0 Å². The van der Waals surface area contributed by atoms with Crippen LogP contribution in [0.1, 0.15) is 89.7 Å². The van der Waals surface area contributed by atoms with Gasteiger partial charge in [-0.25, -0.2) is 4.79 Å². The fourth-order valence-corrected chi connectivity index (χ4v) is 8.66. The number of unbranched alkanes of at least 4 members (excludes halogenated alkanes) is 1. The number of rotatable bonds is 25. The number of carbonyl (C=O) groups excluding carboxylic acids is 1. The van der Waals surface area contributed by atoms with Crippen LogP contribution in [0.5, 0.6) is 5.75 Å². The fourth-order valence-electron chi connectivity index (χ4n) is 8.66. The highest BCUT2D eigenvalue weighted by molar-refractivity contribution is 5.71. The zero-order valence-electron chi connectivity index (χ0n) is 32.3. The second-order valence-corrected chi connectivity index (χ2v) is 15.4. The molecule has 0 radical (unpaired) electrons. The Bertz CT molecular complexity index is 1140. The van der Waals surface area contributed by atoms with E-state index >= 15 is 0 Å². The van der Waals surface area contributed by atoms with Gasteiger partial charge in [0.1, 0.15) is 24.8 Å². The molecule has 3 aliphatic carbocycles. The third-order valence-electron chi connectivity index (χ3n) is 10.8. The van der Waals surface area contributed by atoms with Crippen molar-refractivity contribution in [3.05, 3.63) is 29.3 Å². The van der Waals surface area contributed by atoms with Crippen molar-refractivity contribution in [3.8, 4) is 5.75 Å². The van der Waals surface area contributed by atoms with Gasteiger partial charge in [-0.1, -0.05) is 19.4 Å². The first-order valence-electron chi connectivity index (χ1n) is 19.1. The van der Waals surface area contributed by atoms with Gasteiger partial charge in [-0.2, -0.15) is 0 Å². The maximum atomic E-state index is 11.6. The molecule has 1 aromatic rings. The second-order valence-electron chi connectivity index (χ2n) is 15.4. The van der Waals surface area contributed by atoms with Gasteiger partial charge >= 0.3 is 5.97 Å². The summed E-state index contributed by atoms with van der Waals surface area (Å²) in [6.07, 6.45) is 9.57. The van der Waals surface area contributed by atoms with E-state index in [4.69, 9.17) is 47.4 Å². The molecule has 292 valence electrons. The standard InChI is InChI=1S/C40H66O11/c1-39(2,3)51-37(41)27-48-24-23-47-22-21-46-20-19-45-18-17-44-16-8-7-9-30-25-31-26-32(49-28-42-5)10-11-33(31)34-14-15-40(4)35(38(30)34)12-13-36(40)50-29-43-6/h10-11,26,30,34-36,38H,7-9,12-25,27-29H2,1-6H3. The molecule has 0 amide bonds. The van der Waals surface area contributed by atoms with Crippen molar-refractivity contribution in [1.29, 1.82) is 0 Å². The molecule has 2 fully saturated rings. The third-order valence-corrected chi connectivity index (χ3v) is 10.8. The molecule has 0 heterocycles. The number of esters is 1. The first kappa shape index (κ1) is 41.9. The van der Waals surface area contributed by atoms with Crippen molar-refractivity contribution >= 4 is 5.97 Å². The van der Waals surface area contributed by atoms with E-state index < -0.39 is 5.60 Å². The Morgan fingerprint density at radius 2 is 1.45 bits per heavy atom. The van der Waals surface area contributed by atoms with Crippen LogP contribution < -0.4 is 4.74 Å². The van der Waals surface area contributed by atoms with E-state index in [9.17, 15) is 4.79 Å². The summed E-state index contributed by atoms with van der Waals surface area (Å²) < 4.78 is 55.7. The molecular formula is C40H66O11. The zero-order valence-corrected chi connectivity index (χ0v) is 32.3. The monoisotopic (exact) mass is 722 g/mol. The molecule has 51 heavy (non-hydrogen) atoms. The fraction of sp³-hybridized carbons (Fsp3) is 0.825. The Morgan fingerprint density at radius 1 is 0.804 bits per heavy atom. The van der Waals surface area contributed by atoms with Crippen molar-refractivity contribution in [2.75, 3.05) is 93.9 Å². The van der Waals surface area contributed by atoms with Crippen LogP contribution in [-0.4, -0.2) is 112 Å². The Hall–Kier alpha value is -1.83. The van der Waals surface area contributed by atoms with Gasteiger partial charge in [-0.05, 0) is 118 Å². The SMILES string of the molecule is COCOc1ccc2c(c1)CC(CCCCOCCOCCOCCOCCOCC(=O)OC(C)(C)C)C1C2CCC2(C)C(OCOC)CCC12. The molecule has 0 aromatic heterocycles. The number of fused-ring (bicyclic) bond motifs is 5. The molecule has 1 aromatic carbocycles. The smallest absolute Gasteiger partial charge is 0.332 e. The van der Waals surface area contributed by atoms with Crippen LogP contribution in [-0.2, 0) is 53.8 Å². The minimum atomic E-state index is -0.508. The van der Waals surface area contributed by atoms with Gasteiger partial charge < -0.3 is 47.4 Å². The number of hydrogen-bond donors (Lipinski definition) is 0. The normalized spacial score (nSPS) is 25.6. The molecule has 0 spiro atoms. The lowest BCUT2D eigenvalue weighted by Crippen LogP contribution is -2.47. The summed E-state index contributed by atoms with van der Waals surface area (Å²) in [4.78, 5) is 11.6. The molecule has 4 rings (SSSR count). The number of hydrogen-bond acceptors (Lipinski definition) is 11. The predicted octanol–water partition coefficient (Wildman–Crippen LogP) is 6.34. The van der Waals surface area contributed by atoms with E-state index in [2.05, 4.69) is 25.1 Å². The van der Waals surface area contributed by atoms with Gasteiger partial charge in [-0.3, -0.25) is 0 Å². The average molecular weight is 723 g/mol. The Balaban J connectivity index is 1.09. The Morgan fingerprint density at radius 3 is 2.10 bits per heavy atom. The lowest BCUT2D eigenvalue weighted by molar-refractivity contribution is -0.160. The van der Waals surface area contributed by atoms with Crippen molar-refractivity contribution in [2.45, 2.75) is 96.7 Å². The summed E-state index contributed by atoms with van der Waals surface area (Å²) in [5.74, 6) is 3.09. The quantitative estimate of drug-likeness (QED) is 0.0642. The molecule has 6 unspecified atom stereocenters. The zero-order chi connectivity index (χ0) is 36.5.